The number of esters is 1. The smallest absolute Gasteiger partial charge is 0.345 e. The third kappa shape index (κ3) is 3.31. The zero-order valence-corrected chi connectivity index (χ0v) is 16.0. The summed E-state index contributed by atoms with van der Waals surface area (Å²) in [6.45, 7) is 0.518. The molecule has 0 bridgehead atoms. The number of para-hydroxylation sites is 2. The van der Waals surface area contributed by atoms with Crippen LogP contribution in [0.25, 0.3) is 21.8 Å². The molecule has 0 saturated heterocycles. The molecule has 3 aromatic carbocycles. The number of nitrogens with zero attached hydrogens (tertiary/aromatic N) is 2. The average Bonchev–Trinajstić information content (AvgIpc) is 3.14. The van der Waals surface area contributed by atoms with Crippen molar-refractivity contribution in [1.82, 2.24) is 9.55 Å². The van der Waals surface area contributed by atoms with E-state index >= 15 is 0 Å². The number of benzene rings is 3. The minimum absolute atomic E-state index is 0.274. The van der Waals surface area contributed by atoms with Crippen molar-refractivity contribution in [2.75, 3.05) is 0 Å². The normalized spacial score (nSPS) is 11.1. The zero-order valence-electron chi connectivity index (χ0n) is 16.0. The minimum Gasteiger partial charge on any atom is -0.421 e. The molecular weight excluding hydrogens is 379 g/mol. The lowest BCUT2D eigenvalue weighted by Crippen LogP contribution is -2.08. The lowest BCUT2D eigenvalue weighted by atomic mass is 10.1. The maximum absolute atomic E-state index is 13.2. The number of hydrogen-bond acceptors (Lipinski definition) is 3. The van der Waals surface area contributed by atoms with Crippen molar-refractivity contribution in [1.29, 1.82) is 0 Å². The summed E-state index contributed by atoms with van der Waals surface area (Å²) in [6, 6.07) is 23.3. The first-order valence-corrected chi connectivity index (χ1v) is 9.57. The van der Waals surface area contributed by atoms with Crippen LogP contribution in [0.3, 0.4) is 0 Å². The van der Waals surface area contributed by atoms with E-state index in [9.17, 15) is 9.18 Å². The highest BCUT2D eigenvalue weighted by Gasteiger charge is 2.18. The molecule has 0 atom stereocenters. The van der Waals surface area contributed by atoms with Gasteiger partial charge in [-0.25, -0.2) is 9.18 Å². The lowest BCUT2D eigenvalue weighted by molar-refractivity contribution is 0.0738. The molecule has 2 heterocycles. The van der Waals surface area contributed by atoms with Gasteiger partial charge in [0, 0.05) is 35.2 Å². The highest BCUT2D eigenvalue weighted by molar-refractivity contribution is 6.05. The van der Waals surface area contributed by atoms with Gasteiger partial charge in [-0.3, -0.25) is 4.98 Å². The topological polar surface area (TPSA) is 44.1 Å². The number of aromatic nitrogens is 2. The number of hydrogen-bond donors (Lipinski definition) is 0. The Bertz CT molecular complexity index is 1370. The average molecular weight is 396 g/mol. The van der Waals surface area contributed by atoms with Crippen LogP contribution in [-0.2, 0) is 6.54 Å². The monoisotopic (exact) mass is 396 g/mol. The third-order valence-electron chi connectivity index (χ3n) is 5.07. The van der Waals surface area contributed by atoms with Crippen LogP contribution in [0.5, 0.6) is 5.75 Å². The largest absolute Gasteiger partial charge is 0.421 e. The number of carbonyl (C=O) groups excluding carboxylic acids is 1. The van der Waals surface area contributed by atoms with E-state index in [1.807, 2.05) is 53.1 Å². The second-order valence-electron chi connectivity index (χ2n) is 7.04. The number of halogens is 1. The Balaban J connectivity index is 1.52. The predicted octanol–water partition coefficient (Wildman–Crippen LogP) is 5.60. The first kappa shape index (κ1) is 18.1. The van der Waals surface area contributed by atoms with Crippen LogP contribution < -0.4 is 4.74 Å². The van der Waals surface area contributed by atoms with E-state index in [4.69, 9.17) is 4.74 Å². The van der Waals surface area contributed by atoms with Crippen molar-refractivity contribution < 1.29 is 13.9 Å². The predicted molar refractivity (Wildman–Crippen MR) is 114 cm³/mol. The van der Waals surface area contributed by atoms with Crippen LogP contribution >= 0.6 is 0 Å². The van der Waals surface area contributed by atoms with E-state index in [2.05, 4.69) is 4.98 Å². The van der Waals surface area contributed by atoms with Gasteiger partial charge in [0.25, 0.3) is 0 Å². The van der Waals surface area contributed by atoms with E-state index in [1.165, 1.54) is 12.1 Å². The SMILES string of the molecule is O=C(Oc1cccc2cccnc12)c1cn(Cc2ccc(F)cc2)c2ccccc12. The zero-order chi connectivity index (χ0) is 20.5. The number of pyridine rings is 1. The highest BCUT2D eigenvalue weighted by atomic mass is 19.1. The van der Waals surface area contributed by atoms with Crippen LogP contribution in [0.2, 0.25) is 0 Å². The minimum atomic E-state index is -0.442. The molecule has 0 radical (unpaired) electrons. The van der Waals surface area contributed by atoms with Gasteiger partial charge < -0.3 is 9.30 Å². The van der Waals surface area contributed by atoms with Crippen LogP contribution in [0, 0.1) is 5.82 Å². The standard InChI is InChI=1S/C25H17FN2O2/c26-19-12-10-17(11-13-19)15-28-16-21(20-7-1-2-8-22(20)28)25(29)30-23-9-3-5-18-6-4-14-27-24(18)23/h1-14,16H,15H2. The Morgan fingerprint density at radius 3 is 2.60 bits per heavy atom. The number of rotatable bonds is 4. The van der Waals surface area contributed by atoms with Crippen molar-refractivity contribution in [2.24, 2.45) is 0 Å². The summed E-state index contributed by atoms with van der Waals surface area (Å²) in [5.41, 5.74) is 2.96. The summed E-state index contributed by atoms with van der Waals surface area (Å²) in [7, 11) is 0. The molecule has 5 rings (SSSR count). The molecular formula is C25H17FN2O2. The summed E-state index contributed by atoms with van der Waals surface area (Å²) in [5.74, 6) is -0.292. The molecule has 5 heteroatoms. The van der Waals surface area contributed by atoms with E-state index < -0.39 is 5.97 Å². The van der Waals surface area contributed by atoms with Gasteiger partial charge in [0.05, 0.1) is 5.56 Å². The fourth-order valence-corrected chi connectivity index (χ4v) is 3.64. The molecule has 0 fully saturated rings. The van der Waals surface area contributed by atoms with Gasteiger partial charge in [0.15, 0.2) is 5.75 Å². The molecule has 0 amide bonds. The molecule has 146 valence electrons. The Morgan fingerprint density at radius 1 is 0.933 bits per heavy atom. The first-order valence-electron chi connectivity index (χ1n) is 9.57. The quantitative estimate of drug-likeness (QED) is 0.294. The van der Waals surface area contributed by atoms with Crippen LogP contribution in [0.1, 0.15) is 15.9 Å². The van der Waals surface area contributed by atoms with Gasteiger partial charge in [-0.2, -0.15) is 0 Å². The molecule has 0 spiro atoms. The molecule has 0 aliphatic rings. The van der Waals surface area contributed by atoms with Gasteiger partial charge in [-0.1, -0.05) is 48.5 Å². The maximum Gasteiger partial charge on any atom is 0.345 e. The Hall–Kier alpha value is -3.99. The maximum atomic E-state index is 13.2. The van der Waals surface area contributed by atoms with Gasteiger partial charge in [0.1, 0.15) is 11.3 Å². The van der Waals surface area contributed by atoms with Crippen LogP contribution in [0.4, 0.5) is 4.39 Å². The fraction of sp³-hybridized carbons (Fsp3) is 0.0400. The molecule has 0 aliphatic carbocycles. The van der Waals surface area contributed by atoms with Crippen molar-refractivity contribution in [3.63, 3.8) is 0 Å². The second-order valence-corrected chi connectivity index (χ2v) is 7.04. The van der Waals surface area contributed by atoms with Gasteiger partial charge in [-0.15, -0.1) is 0 Å². The molecule has 0 aliphatic heterocycles. The Kier molecular flexibility index (Phi) is 4.48. The van der Waals surface area contributed by atoms with Gasteiger partial charge in [-0.05, 0) is 35.9 Å². The molecule has 0 N–H and O–H groups in total. The van der Waals surface area contributed by atoms with Gasteiger partial charge in [0.2, 0.25) is 0 Å². The van der Waals surface area contributed by atoms with Crippen LogP contribution in [-0.4, -0.2) is 15.5 Å². The van der Waals surface area contributed by atoms with E-state index in [1.54, 1.807) is 30.6 Å². The van der Waals surface area contributed by atoms with Crippen LogP contribution in [0.15, 0.2) is 91.3 Å². The Labute approximate surface area is 172 Å². The second kappa shape index (κ2) is 7.44. The summed E-state index contributed by atoms with van der Waals surface area (Å²) in [5, 5.41) is 1.71. The van der Waals surface area contributed by atoms with E-state index in [0.29, 0.717) is 23.4 Å². The summed E-state index contributed by atoms with van der Waals surface area (Å²) in [4.78, 5) is 17.4. The van der Waals surface area contributed by atoms with Crippen molar-refractivity contribution in [2.45, 2.75) is 6.54 Å². The number of carbonyl (C=O) groups is 1. The first-order chi connectivity index (χ1) is 14.7. The van der Waals surface area contributed by atoms with E-state index in [0.717, 1.165) is 21.9 Å². The summed E-state index contributed by atoms with van der Waals surface area (Å²) >= 11 is 0. The molecule has 0 saturated carbocycles. The van der Waals surface area contributed by atoms with E-state index in [-0.39, 0.29) is 5.82 Å². The molecule has 2 aromatic heterocycles. The molecule has 30 heavy (non-hydrogen) atoms. The number of ether oxygens (including phenoxy) is 1. The van der Waals surface area contributed by atoms with Crippen molar-refractivity contribution in [3.8, 4) is 5.75 Å². The molecule has 4 nitrogen and oxygen atoms in total. The van der Waals surface area contributed by atoms with Gasteiger partial charge >= 0.3 is 5.97 Å². The third-order valence-corrected chi connectivity index (χ3v) is 5.07. The Morgan fingerprint density at radius 2 is 1.73 bits per heavy atom. The van der Waals surface area contributed by atoms with Crippen molar-refractivity contribution >= 4 is 27.8 Å². The molecule has 0 unspecified atom stereocenters. The summed E-state index contributed by atoms with van der Waals surface area (Å²) in [6.07, 6.45) is 3.46. The lowest BCUT2D eigenvalue weighted by Gasteiger charge is -2.06. The van der Waals surface area contributed by atoms with Crippen molar-refractivity contribution in [3.05, 3.63) is 108 Å². The number of fused-ring (bicyclic) bond motifs is 2. The highest BCUT2D eigenvalue weighted by Crippen LogP contribution is 2.27. The fourth-order valence-electron chi connectivity index (χ4n) is 3.64. The summed E-state index contributed by atoms with van der Waals surface area (Å²) < 4.78 is 20.9. The molecule has 5 aromatic rings.